The van der Waals surface area contributed by atoms with Crippen molar-refractivity contribution in [2.45, 2.75) is 51.1 Å². The van der Waals surface area contributed by atoms with E-state index in [1.165, 1.54) is 0 Å². The lowest BCUT2D eigenvalue weighted by molar-refractivity contribution is -0.141. The predicted molar refractivity (Wildman–Crippen MR) is 120 cm³/mol. The minimum atomic E-state index is -0.664. The molecule has 0 bridgehead atoms. The lowest BCUT2D eigenvalue weighted by Crippen LogP contribution is -2.40. The lowest BCUT2D eigenvalue weighted by Gasteiger charge is -2.35. The molecule has 1 aliphatic carbocycles. The summed E-state index contributed by atoms with van der Waals surface area (Å²) < 4.78 is 5.65. The monoisotopic (exact) mass is 439 g/mol. The highest BCUT2D eigenvalue weighted by molar-refractivity contribution is 6.46. The van der Waals surface area contributed by atoms with Gasteiger partial charge in [-0.15, -0.1) is 0 Å². The molecule has 1 atom stereocenters. The van der Waals surface area contributed by atoms with E-state index in [0.717, 1.165) is 37.7 Å². The smallest absolute Gasteiger partial charge is 0.295 e. The summed E-state index contributed by atoms with van der Waals surface area (Å²) in [5, 5.41) is 11.6. The molecule has 1 saturated heterocycles. The Labute approximate surface area is 187 Å². The first-order valence-corrected chi connectivity index (χ1v) is 11.2. The Morgan fingerprint density at radius 3 is 2.55 bits per heavy atom. The molecule has 1 aliphatic heterocycles. The van der Waals surface area contributed by atoms with Crippen LogP contribution < -0.4 is 4.74 Å². The molecule has 162 valence electrons. The van der Waals surface area contributed by atoms with Gasteiger partial charge in [-0.05, 0) is 49.6 Å². The van der Waals surface area contributed by atoms with Gasteiger partial charge in [-0.2, -0.15) is 0 Å². The van der Waals surface area contributed by atoms with Gasteiger partial charge in [-0.25, -0.2) is 0 Å². The first-order valence-electron chi connectivity index (χ1n) is 10.8. The van der Waals surface area contributed by atoms with Crippen molar-refractivity contribution in [1.29, 1.82) is 0 Å². The van der Waals surface area contributed by atoms with Gasteiger partial charge in [-0.3, -0.25) is 9.59 Å². The number of halogens is 1. The second-order valence-corrected chi connectivity index (χ2v) is 8.45. The number of rotatable bonds is 5. The molecule has 2 aromatic rings. The van der Waals surface area contributed by atoms with Gasteiger partial charge in [-0.1, -0.05) is 55.1 Å². The number of hydrogen-bond acceptors (Lipinski definition) is 4. The van der Waals surface area contributed by atoms with Crippen molar-refractivity contribution in [2.24, 2.45) is 0 Å². The van der Waals surface area contributed by atoms with Crippen molar-refractivity contribution >= 4 is 29.1 Å². The van der Waals surface area contributed by atoms with Crippen LogP contribution in [0, 0.1) is 0 Å². The molecule has 1 heterocycles. The number of likely N-dealkylation sites (tertiary alicyclic amines) is 1. The fourth-order valence-electron chi connectivity index (χ4n) is 4.65. The van der Waals surface area contributed by atoms with Gasteiger partial charge in [0.15, 0.2) is 0 Å². The topological polar surface area (TPSA) is 66.8 Å². The molecular weight excluding hydrogens is 414 g/mol. The van der Waals surface area contributed by atoms with Gasteiger partial charge in [0.25, 0.3) is 11.7 Å². The van der Waals surface area contributed by atoms with E-state index < -0.39 is 17.7 Å². The third kappa shape index (κ3) is 4.19. The molecular formula is C25H26ClNO4. The molecule has 1 amide bonds. The summed E-state index contributed by atoms with van der Waals surface area (Å²) in [6.45, 7) is 2.41. The highest BCUT2D eigenvalue weighted by atomic mass is 35.5. The first kappa shape index (κ1) is 21.4. The minimum absolute atomic E-state index is 0.0318. The Balaban J connectivity index is 1.87. The standard InChI is InChI=1S/C25H26ClNO4/c1-2-31-20-13-7-8-16(15-20)22-21(23(28)17-9-6-10-18(26)14-17)24(29)25(30)27(22)19-11-4-3-5-12-19/h6-10,13-15,19,22,28H,2-5,11-12H2,1H3/b23-21-. The molecule has 5 nitrogen and oxygen atoms in total. The third-order valence-electron chi connectivity index (χ3n) is 6.03. The van der Waals surface area contributed by atoms with Crippen LogP contribution in [-0.4, -0.2) is 34.3 Å². The lowest BCUT2D eigenvalue weighted by atomic mass is 9.91. The maximum Gasteiger partial charge on any atom is 0.295 e. The summed E-state index contributed by atoms with van der Waals surface area (Å²) in [5.74, 6) is -0.750. The van der Waals surface area contributed by atoms with Crippen LogP contribution in [0.2, 0.25) is 5.02 Å². The molecule has 2 aromatic carbocycles. The maximum absolute atomic E-state index is 13.2. The zero-order valence-electron chi connectivity index (χ0n) is 17.5. The predicted octanol–water partition coefficient (Wildman–Crippen LogP) is 5.49. The number of aliphatic hydroxyl groups is 1. The van der Waals surface area contributed by atoms with Crippen LogP contribution >= 0.6 is 11.6 Å². The van der Waals surface area contributed by atoms with Gasteiger partial charge in [0.05, 0.1) is 18.2 Å². The largest absolute Gasteiger partial charge is 0.507 e. The van der Waals surface area contributed by atoms with E-state index in [1.54, 1.807) is 29.2 Å². The van der Waals surface area contributed by atoms with Crippen molar-refractivity contribution in [3.8, 4) is 5.75 Å². The minimum Gasteiger partial charge on any atom is -0.507 e. The van der Waals surface area contributed by atoms with Crippen LogP contribution in [0.25, 0.3) is 5.76 Å². The fraction of sp³-hybridized carbons (Fsp3) is 0.360. The van der Waals surface area contributed by atoms with Gasteiger partial charge in [0.1, 0.15) is 11.5 Å². The summed E-state index contributed by atoms with van der Waals surface area (Å²) in [6.07, 6.45) is 4.88. The van der Waals surface area contributed by atoms with Crippen molar-refractivity contribution in [3.63, 3.8) is 0 Å². The number of hydrogen-bond donors (Lipinski definition) is 1. The quantitative estimate of drug-likeness (QED) is 0.380. The van der Waals surface area contributed by atoms with Crippen LogP contribution in [0.5, 0.6) is 5.75 Å². The van der Waals surface area contributed by atoms with Crippen LogP contribution in [0.3, 0.4) is 0 Å². The molecule has 2 fully saturated rings. The molecule has 2 aliphatic rings. The molecule has 0 aromatic heterocycles. The van der Waals surface area contributed by atoms with Gasteiger partial charge < -0.3 is 14.7 Å². The van der Waals surface area contributed by atoms with Crippen LogP contribution in [0.15, 0.2) is 54.1 Å². The molecule has 6 heteroatoms. The van der Waals surface area contributed by atoms with E-state index in [2.05, 4.69) is 0 Å². The summed E-state index contributed by atoms with van der Waals surface area (Å²) in [4.78, 5) is 28.0. The number of carbonyl (C=O) groups is 2. The fourth-order valence-corrected chi connectivity index (χ4v) is 4.84. The molecule has 0 radical (unpaired) electrons. The summed E-state index contributed by atoms with van der Waals surface area (Å²) in [7, 11) is 0. The average Bonchev–Trinajstić information content (AvgIpc) is 3.05. The van der Waals surface area contributed by atoms with E-state index >= 15 is 0 Å². The van der Waals surface area contributed by atoms with Crippen LogP contribution in [0.1, 0.15) is 56.2 Å². The van der Waals surface area contributed by atoms with Crippen molar-refractivity contribution in [3.05, 3.63) is 70.3 Å². The number of ether oxygens (including phenoxy) is 1. The molecule has 1 N–H and O–H groups in total. The Hall–Kier alpha value is -2.79. The Morgan fingerprint density at radius 1 is 1.10 bits per heavy atom. The number of Topliss-reactive ketones (excluding diaryl/α,β-unsaturated/α-hetero) is 1. The molecule has 31 heavy (non-hydrogen) atoms. The Kier molecular flexibility index (Phi) is 6.33. The summed E-state index contributed by atoms with van der Waals surface area (Å²) in [5.41, 5.74) is 1.27. The highest BCUT2D eigenvalue weighted by Gasteiger charge is 2.48. The normalized spacial score (nSPS) is 21.5. The van der Waals surface area contributed by atoms with E-state index in [1.807, 2.05) is 31.2 Å². The number of ketones is 1. The van der Waals surface area contributed by atoms with Gasteiger partial charge >= 0.3 is 0 Å². The van der Waals surface area contributed by atoms with Gasteiger partial charge in [0, 0.05) is 16.6 Å². The van der Waals surface area contributed by atoms with Crippen LogP contribution in [0.4, 0.5) is 0 Å². The Morgan fingerprint density at radius 2 is 1.84 bits per heavy atom. The van der Waals surface area contributed by atoms with Crippen LogP contribution in [-0.2, 0) is 9.59 Å². The first-order chi connectivity index (χ1) is 15.0. The van der Waals surface area contributed by atoms with E-state index in [-0.39, 0.29) is 17.4 Å². The maximum atomic E-state index is 13.2. The van der Waals surface area contributed by atoms with E-state index in [9.17, 15) is 14.7 Å². The van der Waals surface area contributed by atoms with Crippen molar-refractivity contribution in [2.75, 3.05) is 6.61 Å². The summed E-state index contributed by atoms with van der Waals surface area (Å²) >= 11 is 6.11. The number of amides is 1. The number of aliphatic hydroxyl groups excluding tert-OH is 1. The third-order valence-corrected chi connectivity index (χ3v) is 6.27. The Bertz CT molecular complexity index is 1030. The highest BCUT2D eigenvalue weighted by Crippen LogP contribution is 2.43. The second kappa shape index (κ2) is 9.15. The average molecular weight is 440 g/mol. The number of benzene rings is 2. The second-order valence-electron chi connectivity index (χ2n) is 8.01. The zero-order valence-corrected chi connectivity index (χ0v) is 18.3. The number of carbonyl (C=O) groups excluding carboxylic acids is 2. The van der Waals surface area contributed by atoms with E-state index in [0.29, 0.717) is 22.9 Å². The SMILES string of the molecule is CCOc1cccc(C2/C(=C(/O)c3cccc(Cl)c3)C(=O)C(=O)N2C2CCCCC2)c1. The molecule has 1 unspecified atom stereocenters. The summed E-state index contributed by atoms with van der Waals surface area (Å²) in [6, 6.07) is 13.4. The number of nitrogens with zero attached hydrogens (tertiary/aromatic N) is 1. The van der Waals surface area contributed by atoms with E-state index in [4.69, 9.17) is 16.3 Å². The zero-order chi connectivity index (χ0) is 22.0. The molecule has 1 saturated carbocycles. The van der Waals surface area contributed by atoms with Crippen molar-refractivity contribution < 1.29 is 19.4 Å². The molecule has 4 rings (SSSR count). The van der Waals surface area contributed by atoms with Crippen molar-refractivity contribution in [1.82, 2.24) is 4.90 Å². The van der Waals surface area contributed by atoms with Gasteiger partial charge in [0.2, 0.25) is 0 Å². The molecule has 0 spiro atoms.